The maximum atomic E-state index is 11.6. The van der Waals surface area contributed by atoms with Crippen molar-refractivity contribution in [3.05, 3.63) is 22.7 Å². The van der Waals surface area contributed by atoms with Crippen molar-refractivity contribution in [2.24, 2.45) is 5.73 Å². The number of hydrogen-bond acceptors (Lipinski definition) is 5. The standard InChI is InChI=1S/C12H15ClN2O5/c1-19-10-5-9(8(13)4-7(10)12(17)18)15-11(16)6-20-3-2-14/h4-5H,2-3,6,14H2,1H3,(H,15,16)(H,17,18). The van der Waals surface area contributed by atoms with Gasteiger partial charge in [-0.2, -0.15) is 0 Å². The second kappa shape index (κ2) is 7.68. The first-order chi connectivity index (χ1) is 9.49. The smallest absolute Gasteiger partial charge is 0.339 e. The largest absolute Gasteiger partial charge is 0.496 e. The van der Waals surface area contributed by atoms with Gasteiger partial charge in [0.25, 0.3) is 0 Å². The molecule has 0 bridgehead atoms. The zero-order chi connectivity index (χ0) is 15.1. The summed E-state index contributed by atoms with van der Waals surface area (Å²) in [6, 6.07) is 2.55. The summed E-state index contributed by atoms with van der Waals surface area (Å²) in [7, 11) is 1.33. The van der Waals surface area contributed by atoms with Crippen LogP contribution < -0.4 is 15.8 Å². The van der Waals surface area contributed by atoms with Gasteiger partial charge in [-0.1, -0.05) is 11.6 Å². The minimum atomic E-state index is -1.17. The molecule has 0 aliphatic carbocycles. The normalized spacial score (nSPS) is 10.2. The minimum Gasteiger partial charge on any atom is -0.496 e. The first-order valence-electron chi connectivity index (χ1n) is 5.68. The number of amides is 1. The Bertz CT molecular complexity index is 507. The molecule has 0 saturated heterocycles. The summed E-state index contributed by atoms with van der Waals surface area (Å²) in [5.41, 5.74) is 5.38. The molecule has 0 unspecified atom stereocenters. The van der Waals surface area contributed by atoms with Gasteiger partial charge in [0.05, 0.1) is 24.4 Å². The van der Waals surface area contributed by atoms with E-state index in [0.29, 0.717) is 6.54 Å². The monoisotopic (exact) mass is 302 g/mol. The van der Waals surface area contributed by atoms with E-state index in [9.17, 15) is 9.59 Å². The summed E-state index contributed by atoms with van der Waals surface area (Å²) in [6.07, 6.45) is 0. The van der Waals surface area contributed by atoms with Crippen molar-refractivity contribution in [1.82, 2.24) is 0 Å². The minimum absolute atomic E-state index is 0.0881. The van der Waals surface area contributed by atoms with Crippen LogP contribution >= 0.6 is 11.6 Å². The Kier molecular flexibility index (Phi) is 6.23. The Morgan fingerprint density at radius 3 is 2.70 bits per heavy atom. The highest BCUT2D eigenvalue weighted by atomic mass is 35.5. The fourth-order valence-corrected chi connectivity index (χ4v) is 1.63. The third-order valence-electron chi connectivity index (χ3n) is 2.29. The lowest BCUT2D eigenvalue weighted by Crippen LogP contribution is -2.21. The fourth-order valence-electron chi connectivity index (χ4n) is 1.42. The number of carbonyl (C=O) groups excluding carboxylic acids is 1. The van der Waals surface area contributed by atoms with E-state index in [0.717, 1.165) is 0 Å². The van der Waals surface area contributed by atoms with Crippen molar-refractivity contribution in [2.75, 3.05) is 32.2 Å². The van der Waals surface area contributed by atoms with Gasteiger partial charge in [0.15, 0.2) is 0 Å². The number of anilines is 1. The molecule has 0 fully saturated rings. The van der Waals surface area contributed by atoms with Gasteiger partial charge in [-0.15, -0.1) is 0 Å². The molecule has 0 spiro atoms. The van der Waals surface area contributed by atoms with Gasteiger partial charge in [0.2, 0.25) is 5.91 Å². The predicted octanol–water partition coefficient (Wildman–Crippen LogP) is 0.961. The molecule has 20 heavy (non-hydrogen) atoms. The second-order valence-electron chi connectivity index (χ2n) is 3.73. The van der Waals surface area contributed by atoms with E-state index in [1.807, 2.05) is 0 Å². The molecule has 1 amide bonds. The van der Waals surface area contributed by atoms with Gasteiger partial charge in [-0.25, -0.2) is 4.79 Å². The van der Waals surface area contributed by atoms with Crippen LogP contribution in [0.1, 0.15) is 10.4 Å². The predicted molar refractivity (Wildman–Crippen MR) is 73.5 cm³/mol. The number of nitrogens with two attached hydrogens (primary N) is 1. The van der Waals surface area contributed by atoms with Crippen molar-refractivity contribution < 1.29 is 24.2 Å². The summed E-state index contributed by atoms with van der Waals surface area (Å²) in [6.45, 7) is 0.411. The first-order valence-corrected chi connectivity index (χ1v) is 6.06. The zero-order valence-electron chi connectivity index (χ0n) is 10.8. The number of halogens is 1. The lowest BCUT2D eigenvalue weighted by atomic mass is 10.2. The van der Waals surface area contributed by atoms with Crippen LogP contribution in [0.3, 0.4) is 0 Å². The average molecular weight is 303 g/mol. The second-order valence-corrected chi connectivity index (χ2v) is 4.13. The molecule has 1 aromatic carbocycles. The van der Waals surface area contributed by atoms with Gasteiger partial charge >= 0.3 is 5.97 Å². The van der Waals surface area contributed by atoms with E-state index in [2.05, 4.69) is 5.32 Å². The van der Waals surface area contributed by atoms with Crippen LogP contribution in [0.4, 0.5) is 5.69 Å². The summed E-state index contributed by atoms with van der Waals surface area (Å²) in [5, 5.41) is 11.6. The van der Waals surface area contributed by atoms with Gasteiger partial charge in [-0.3, -0.25) is 4.79 Å². The van der Waals surface area contributed by atoms with E-state index in [1.54, 1.807) is 0 Å². The Labute approximate surface area is 120 Å². The molecule has 0 atom stereocenters. The Morgan fingerprint density at radius 1 is 1.45 bits per heavy atom. The van der Waals surface area contributed by atoms with Crippen LogP contribution in [0.15, 0.2) is 12.1 Å². The molecule has 0 aliphatic heterocycles. The van der Waals surface area contributed by atoms with Crippen molar-refractivity contribution in [3.63, 3.8) is 0 Å². The third-order valence-corrected chi connectivity index (χ3v) is 2.60. The van der Waals surface area contributed by atoms with E-state index >= 15 is 0 Å². The Hall–Kier alpha value is -1.83. The molecule has 110 valence electrons. The summed E-state index contributed by atoms with van der Waals surface area (Å²) >= 11 is 5.91. The van der Waals surface area contributed by atoms with Crippen LogP contribution in [0.25, 0.3) is 0 Å². The molecule has 1 rings (SSSR count). The molecule has 7 nitrogen and oxygen atoms in total. The first kappa shape index (κ1) is 16.2. The lowest BCUT2D eigenvalue weighted by molar-refractivity contribution is -0.120. The number of carboxylic acids is 1. The highest BCUT2D eigenvalue weighted by Crippen LogP contribution is 2.30. The molecule has 4 N–H and O–H groups in total. The molecular formula is C12H15ClN2O5. The van der Waals surface area contributed by atoms with Gasteiger partial charge in [-0.05, 0) is 6.07 Å². The number of aromatic carboxylic acids is 1. The Morgan fingerprint density at radius 2 is 2.15 bits per heavy atom. The number of rotatable bonds is 7. The van der Waals surface area contributed by atoms with E-state index in [1.165, 1.54) is 19.2 Å². The molecule has 0 radical (unpaired) electrons. The maximum Gasteiger partial charge on any atom is 0.339 e. The SMILES string of the molecule is COc1cc(NC(=O)COCCN)c(Cl)cc1C(=O)O. The van der Waals surface area contributed by atoms with Crippen molar-refractivity contribution >= 4 is 29.2 Å². The molecule has 0 saturated carbocycles. The zero-order valence-corrected chi connectivity index (χ0v) is 11.6. The highest BCUT2D eigenvalue weighted by Gasteiger charge is 2.16. The van der Waals surface area contributed by atoms with Crippen molar-refractivity contribution in [1.29, 1.82) is 0 Å². The lowest BCUT2D eigenvalue weighted by Gasteiger charge is -2.11. The highest BCUT2D eigenvalue weighted by molar-refractivity contribution is 6.34. The maximum absolute atomic E-state index is 11.6. The van der Waals surface area contributed by atoms with Crippen LogP contribution in [-0.4, -0.2) is 43.9 Å². The molecule has 0 aliphatic rings. The Balaban J connectivity index is 2.85. The van der Waals surface area contributed by atoms with Crippen LogP contribution in [-0.2, 0) is 9.53 Å². The number of methoxy groups -OCH3 is 1. The van der Waals surface area contributed by atoms with Crippen LogP contribution in [0.5, 0.6) is 5.75 Å². The van der Waals surface area contributed by atoms with Gasteiger partial charge in [0, 0.05) is 12.6 Å². The van der Waals surface area contributed by atoms with E-state index < -0.39 is 11.9 Å². The molecule has 0 aromatic heterocycles. The number of benzene rings is 1. The third kappa shape index (κ3) is 4.37. The summed E-state index contributed by atoms with van der Waals surface area (Å²) in [4.78, 5) is 22.5. The number of hydrogen-bond donors (Lipinski definition) is 3. The topological polar surface area (TPSA) is 111 Å². The van der Waals surface area contributed by atoms with Crippen LogP contribution in [0.2, 0.25) is 5.02 Å². The van der Waals surface area contributed by atoms with Crippen molar-refractivity contribution in [3.8, 4) is 5.75 Å². The van der Waals surface area contributed by atoms with Crippen molar-refractivity contribution in [2.45, 2.75) is 0 Å². The molecular weight excluding hydrogens is 288 g/mol. The van der Waals surface area contributed by atoms with Gasteiger partial charge in [0.1, 0.15) is 17.9 Å². The number of ether oxygens (including phenoxy) is 2. The molecule has 0 heterocycles. The van der Waals surface area contributed by atoms with Crippen LogP contribution in [0, 0.1) is 0 Å². The number of carboxylic acid groups (broad SMARTS) is 1. The summed E-state index contributed by atoms with van der Waals surface area (Å²) < 4.78 is 9.91. The van der Waals surface area contributed by atoms with Gasteiger partial charge < -0.3 is 25.6 Å². The number of nitrogens with one attached hydrogen (secondary N) is 1. The average Bonchev–Trinajstić information content (AvgIpc) is 2.40. The molecule has 8 heteroatoms. The molecule has 1 aromatic rings. The van der Waals surface area contributed by atoms with E-state index in [-0.39, 0.29) is 35.2 Å². The fraction of sp³-hybridized carbons (Fsp3) is 0.333. The summed E-state index contributed by atoms with van der Waals surface area (Å²) in [5.74, 6) is -1.50. The van der Waals surface area contributed by atoms with E-state index in [4.69, 9.17) is 31.9 Å². The number of carbonyl (C=O) groups is 2. The quantitative estimate of drug-likeness (QED) is 0.647.